The summed E-state index contributed by atoms with van der Waals surface area (Å²) in [6, 6.07) is 5.69. The van der Waals surface area contributed by atoms with E-state index >= 15 is 0 Å². The number of nitrogens with one attached hydrogen (secondary N) is 1. The van der Waals surface area contributed by atoms with Crippen LogP contribution in [0.15, 0.2) is 30.6 Å². The van der Waals surface area contributed by atoms with Crippen molar-refractivity contribution in [3.63, 3.8) is 0 Å². The van der Waals surface area contributed by atoms with E-state index in [0.29, 0.717) is 18.0 Å². The highest BCUT2D eigenvalue weighted by molar-refractivity contribution is 5.83. The molecule has 0 aliphatic rings. The number of unbranched alkanes of at least 4 members (excludes halogenated alkanes) is 1. The summed E-state index contributed by atoms with van der Waals surface area (Å²) in [6.07, 6.45) is 5.65. The Hall–Kier alpha value is -2.50. The van der Waals surface area contributed by atoms with Crippen LogP contribution in [-0.4, -0.2) is 36.5 Å². The minimum absolute atomic E-state index is 0.0390. The summed E-state index contributed by atoms with van der Waals surface area (Å²) in [5, 5.41) is 7.36. The molecular formula is C19H27N3O3. The van der Waals surface area contributed by atoms with E-state index in [0.717, 1.165) is 24.0 Å². The first-order valence-electron chi connectivity index (χ1n) is 8.49. The van der Waals surface area contributed by atoms with Gasteiger partial charge < -0.3 is 14.8 Å². The van der Waals surface area contributed by atoms with E-state index in [9.17, 15) is 4.79 Å². The van der Waals surface area contributed by atoms with Gasteiger partial charge in [-0.05, 0) is 38.0 Å². The Morgan fingerprint density at radius 3 is 2.56 bits per heavy atom. The van der Waals surface area contributed by atoms with Crippen LogP contribution in [-0.2, 0) is 10.3 Å². The van der Waals surface area contributed by atoms with Gasteiger partial charge in [-0.25, -0.2) is 0 Å². The van der Waals surface area contributed by atoms with Crippen molar-refractivity contribution in [2.24, 2.45) is 0 Å². The van der Waals surface area contributed by atoms with Crippen LogP contribution in [0.1, 0.15) is 33.6 Å². The van der Waals surface area contributed by atoms with Crippen molar-refractivity contribution in [1.29, 1.82) is 0 Å². The lowest BCUT2D eigenvalue weighted by molar-refractivity contribution is -0.128. The fourth-order valence-electron chi connectivity index (χ4n) is 2.49. The molecule has 6 nitrogen and oxygen atoms in total. The molecule has 0 fully saturated rings. The molecule has 1 aromatic carbocycles. The summed E-state index contributed by atoms with van der Waals surface area (Å²) in [6.45, 7) is 6.50. The largest absolute Gasteiger partial charge is 0.493 e. The SMILES string of the molecule is CCCCNC(=O)C(C)(C)n1cc(-c2ccc(OC)c(OC)c2)cn1. The first kappa shape index (κ1) is 18.8. The van der Waals surface area contributed by atoms with Crippen LogP contribution < -0.4 is 14.8 Å². The van der Waals surface area contributed by atoms with E-state index < -0.39 is 5.54 Å². The topological polar surface area (TPSA) is 65.4 Å². The van der Waals surface area contributed by atoms with Gasteiger partial charge in [0.2, 0.25) is 5.91 Å². The second-order valence-corrected chi connectivity index (χ2v) is 6.41. The van der Waals surface area contributed by atoms with E-state index in [1.807, 2.05) is 38.2 Å². The minimum atomic E-state index is -0.761. The first-order chi connectivity index (χ1) is 11.9. The third-order valence-corrected chi connectivity index (χ3v) is 4.24. The van der Waals surface area contributed by atoms with Gasteiger partial charge in [0.15, 0.2) is 11.5 Å². The Morgan fingerprint density at radius 2 is 1.92 bits per heavy atom. The molecule has 0 atom stereocenters. The highest BCUT2D eigenvalue weighted by atomic mass is 16.5. The number of carbonyl (C=O) groups excluding carboxylic acids is 1. The average Bonchev–Trinajstić information content (AvgIpc) is 3.12. The number of hydrogen-bond donors (Lipinski definition) is 1. The molecule has 1 aromatic heterocycles. The molecule has 136 valence electrons. The zero-order valence-electron chi connectivity index (χ0n) is 15.6. The van der Waals surface area contributed by atoms with Crippen molar-refractivity contribution in [2.75, 3.05) is 20.8 Å². The number of rotatable bonds is 8. The second-order valence-electron chi connectivity index (χ2n) is 6.41. The summed E-state index contributed by atoms with van der Waals surface area (Å²) >= 11 is 0. The van der Waals surface area contributed by atoms with Crippen molar-refractivity contribution >= 4 is 5.91 Å². The standard InChI is InChI=1S/C19H27N3O3/c1-6-7-10-20-18(23)19(2,3)22-13-15(12-21-22)14-8-9-16(24-4)17(11-14)25-5/h8-9,11-13H,6-7,10H2,1-5H3,(H,20,23). The third-order valence-electron chi connectivity index (χ3n) is 4.24. The monoisotopic (exact) mass is 345 g/mol. The van der Waals surface area contributed by atoms with Gasteiger partial charge in [0.25, 0.3) is 0 Å². The zero-order chi connectivity index (χ0) is 18.4. The maximum atomic E-state index is 12.5. The average molecular weight is 345 g/mol. The number of amides is 1. The molecule has 6 heteroatoms. The van der Waals surface area contributed by atoms with Crippen molar-refractivity contribution < 1.29 is 14.3 Å². The van der Waals surface area contributed by atoms with Crippen LogP contribution in [0.3, 0.4) is 0 Å². The van der Waals surface area contributed by atoms with Crippen LogP contribution in [0.25, 0.3) is 11.1 Å². The predicted molar refractivity (Wildman–Crippen MR) is 98.0 cm³/mol. The molecule has 0 saturated carbocycles. The molecular weight excluding hydrogens is 318 g/mol. The third kappa shape index (κ3) is 4.13. The molecule has 2 aromatic rings. The molecule has 1 N–H and O–H groups in total. The number of ether oxygens (including phenoxy) is 2. The fourth-order valence-corrected chi connectivity index (χ4v) is 2.49. The van der Waals surface area contributed by atoms with Gasteiger partial charge in [0.1, 0.15) is 5.54 Å². The van der Waals surface area contributed by atoms with Crippen LogP contribution in [0, 0.1) is 0 Å². The maximum absolute atomic E-state index is 12.5. The second kappa shape index (κ2) is 8.05. The van der Waals surface area contributed by atoms with Gasteiger partial charge in [-0.2, -0.15) is 5.10 Å². The Labute approximate surface area is 149 Å². The lowest BCUT2D eigenvalue weighted by atomic mass is 10.0. The zero-order valence-corrected chi connectivity index (χ0v) is 15.6. The van der Waals surface area contributed by atoms with Gasteiger partial charge in [0, 0.05) is 18.3 Å². The molecule has 0 aliphatic carbocycles. The van der Waals surface area contributed by atoms with Gasteiger partial charge in [-0.15, -0.1) is 0 Å². The summed E-state index contributed by atoms with van der Waals surface area (Å²) in [5.74, 6) is 1.29. The van der Waals surface area contributed by atoms with Crippen molar-refractivity contribution in [3.8, 4) is 22.6 Å². The number of hydrogen-bond acceptors (Lipinski definition) is 4. The smallest absolute Gasteiger partial charge is 0.247 e. The quantitative estimate of drug-likeness (QED) is 0.746. The van der Waals surface area contributed by atoms with Crippen LogP contribution >= 0.6 is 0 Å². The lowest BCUT2D eigenvalue weighted by Crippen LogP contribution is -2.45. The van der Waals surface area contributed by atoms with E-state index in [4.69, 9.17) is 9.47 Å². The molecule has 0 radical (unpaired) electrons. The highest BCUT2D eigenvalue weighted by Gasteiger charge is 2.30. The predicted octanol–water partition coefficient (Wildman–Crippen LogP) is 3.22. The number of carbonyl (C=O) groups is 1. The first-order valence-corrected chi connectivity index (χ1v) is 8.49. The summed E-state index contributed by atoms with van der Waals surface area (Å²) in [5.41, 5.74) is 1.10. The molecule has 25 heavy (non-hydrogen) atoms. The number of methoxy groups -OCH3 is 2. The maximum Gasteiger partial charge on any atom is 0.247 e. The summed E-state index contributed by atoms with van der Waals surface area (Å²) in [4.78, 5) is 12.5. The highest BCUT2D eigenvalue weighted by Crippen LogP contribution is 2.32. The van der Waals surface area contributed by atoms with E-state index in [-0.39, 0.29) is 5.91 Å². The number of aromatic nitrogens is 2. The molecule has 0 unspecified atom stereocenters. The lowest BCUT2D eigenvalue weighted by Gasteiger charge is -2.24. The number of nitrogens with zero attached hydrogens (tertiary/aromatic N) is 2. The molecule has 0 saturated heterocycles. The summed E-state index contributed by atoms with van der Waals surface area (Å²) < 4.78 is 12.3. The number of benzene rings is 1. The van der Waals surface area contributed by atoms with Crippen LogP contribution in [0.2, 0.25) is 0 Å². The Kier molecular flexibility index (Phi) is 6.07. The fraction of sp³-hybridized carbons (Fsp3) is 0.474. The van der Waals surface area contributed by atoms with Crippen molar-refractivity contribution in [2.45, 2.75) is 39.2 Å². The molecule has 0 aliphatic heterocycles. The van der Waals surface area contributed by atoms with Crippen molar-refractivity contribution in [1.82, 2.24) is 15.1 Å². The van der Waals surface area contributed by atoms with E-state index in [1.165, 1.54) is 0 Å². The van der Waals surface area contributed by atoms with Gasteiger partial charge in [0.05, 0.1) is 20.4 Å². The minimum Gasteiger partial charge on any atom is -0.493 e. The van der Waals surface area contributed by atoms with E-state index in [2.05, 4.69) is 17.3 Å². The van der Waals surface area contributed by atoms with Crippen LogP contribution in [0.5, 0.6) is 11.5 Å². The summed E-state index contributed by atoms with van der Waals surface area (Å²) in [7, 11) is 3.21. The van der Waals surface area contributed by atoms with Gasteiger partial charge >= 0.3 is 0 Å². The van der Waals surface area contributed by atoms with E-state index in [1.54, 1.807) is 25.1 Å². The Bertz CT molecular complexity index is 722. The Balaban J connectivity index is 2.22. The molecule has 0 spiro atoms. The van der Waals surface area contributed by atoms with Gasteiger partial charge in [-0.1, -0.05) is 19.4 Å². The van der Waals surface area contributed by atoms with Gasteiger partial charge in [-0.3, -0.25) is 9.48 Å². The molecule has 1 heterocycles. The normalized spacial score (nSPS) is 11.2. The van der Waals surface area contributed by atoms with Crippen LogP contribution in [0.4, 0.5) is 0 Å². The Morgan fingerprint density at radius 1 is 1.20 bits per heavy atom. The van der Waals surface area contributed by atoms with Crippen molar-refractivity contribution in [3.05, 3.63) is 30.6 Å². The molecule has 1 amide bonds. The molecule has 2 rings (SSSR count). The molecule has 0 bridgehead atoms.